The predicted octanol–water partition coefficient (Wildman–Crippen LogP) is 4.80. The number of nitrogens with one attached hydrogen (secondary N) is 1. The Labute approximate surface area is 119 Å². The maximum Gasteiger partial charge on any atom is 0.146 e. The first-order chi connectivity index (χ1) is 9.61. The summed E-state index contributed by atoms with van der Waals surface area (Å²) < 4.78 is 13.7. The fourth-order valence-electron chi connectivity index (χ4n) is 2.90. The summed E-state index contributed by atoms with van der Waals surface area (Å²) in [5.74, 6) is 0.454. The van der Waals surface area contributed by atoms with Gasteiger partial charge in [0.15, 0.2) is 0 Å². The Morgan fingerprint density at radius 2 is 1.75 bits per heavy atom. The normalized spacial score (nSPS) is 21.4. The van der Waals surface area contributed by atoms with Crippen LogP contribution in [0.15, 0.2) is 42.5 Å². The van der Waals surface area contributed by atoms with Crippen molar-refractivity contribution in [3.8, 4) is 0 Å². The number of rotatable bonds is 3. The molecule has 0 aromatic heterocycles. The molecule has 1 aliphatic rings. The van der Waals surface area contributed by atoms with E-state index < -0.39 is 0 Å². The summed E-state index contributed by atoms with van der Waals surface area (Å²) in [5.41, 5.74) is 4.44. The average molecular weight is 269 g/mol. The standard InChI is InChI=1S/C18H20FN/c1-12-4-3-5-14(8-12)15-10-16(11-15)20-18-9-13(2)6-7-17(18)19/h3-9,15-16,20H,10-11H2,1-2H3. The molecule has 0 bridgehead atoms. The third-order valence-corrected chi connectivity index (χ3v) is 4.13. The minimum Gasteiger partial charge on any atom is -0.380 e. The lowest BCUT2D eigenvalue weighted by molar-refractivity contribution is 0.373. The van der Waals surface area contributed by atoms with Gasteiger partial charge in [0.2, 0.25) is 0 Å². The summed E-state index contributed by atoms with van der Waals surface area (Å²) in [6, 6.07) is 14.3. The molecule has 0 radical (unpaired) electrons. The summed E-state index contributed by atoms with van der Waals surface area (Å²) in [5, 5.41) is 3.33. The second-order valence-corrected chi connectivity index (χ2v) is 5.91. The second kappa shape index (κ2) is 5.28. The van der Waals surface area contributed by atoms with Crippen molar-refractivity contribution in [3.63, 3.8) is 0 Å². The number of hydrogen-bond donors (Lipinski definition) is 1. The van der Waals surface area contributed by atoms with Gasteiger partial charge in [-0.3, -0.25) is 0 Å². The van der Waals surface area contributed by atoms with Crippen LogP contribution in [0.5, 0.6) is 0 Å². The molecule has 3 rings (SSSR count). The highest BCUT2D eigenvalue weighted by atomic mass is 19.1. The molecule has 1 saturated carbocycles. The van der Waals surface area contributed by atoms with Gasteiger partial charge in [0, 0.05) is 6.04 Å². The zero-order valence-electron chi connectivity index (χ0n) is 12.0. The Hall–Kier alpha value is -1.83. The topological polar surface area (TPSA) is 12.0 Å². The largest absolute Gasteiger partial charge is 0.380 e. The van der Waals surface area contributed by atoms with E-state index in [4.69, 9.17) is 0 Å². The van der Waals surface area contributed by atoms with Crippen molar-refractivity contribution in [2.75, 3.05) is 5.32 Å². The van der Waals surface area contributed by atoms with Crippen LogP contribution < -0.4 is 5.32 Å². The number of benzene rings is 2. The minimum absolute atomic E-state index is 0.158. The molecule has 1 fully saturated rings. The quantitative estimate of drug-likeness (QED) is 0.844. The molecule has 2 aromatic carbocycles. The van der Waals surface area contributed by atoms with Gasteiger partial charge in [-0.15, -0.1) is 0 Å². The lowest BCUT2D eigenvalue weighted by Gasteiger charge is -2.37. The number of anilines is 1. The fourth-order valence-corrected chi connectivity index (χ4v) is 2.90. The van der Waals surface area contributed by atoms with Crippen molar-refractivity contribution >= 4 is 5.69 Å². The SMILES string of the molecule is Cc1cccc(C2CC(Nc3cc(C)ccc3F)C2)c1. The van der Waals surface area contributed by atoms with E-state index in [1.807, 2.05) is 13.0 Å². The van der Waals surface area contributed by atoms with Crippen LogP contribution in [0.2, 0.25) is 0 Å². The Kier molecular flexibility index (Phi) is 3.47. The number of aryl methyl sites for hydroxylation is 2. The summed E-state index contributed by atoms with van der Waals surface area (Å²) in [4.78, 5) is 0. The zero-order valence-corrected chi connectivity index (χ0v) is 12.0. The van der Waals surface area contributed by atoms with Crippen molar-refractivity contribution < 1.29 is 4.39 Å². The van der Waals surface area contributed by atoms with Gasteiger partial charge in [-0.05, 0) is 55.9 Å². The Bertz CT molecular complexity index is 615. The minimum atomic E-state index is -0.158. The molecule has 0 amide bonds. The van der Waals surface area contributed by atoms with E-state index in [1.54, 1.807) is 6.07 Å². The lowest BCUT2D eigenvalue weighted by atomic mass is 9.75. The predicted molar refractivity (Wildman–Crippen MR) is 81.7 cm³/mol. The molecule has 2 aromatic rings. The summed E-state index contributed by atoms with van der Waals surface area (Å²) >= 11 is 0. The van der Waals surface area contributed by atoms with E-state index in [0.29, 0.717) is 17.6 Å². The molecule has 0 spiro atoms. The van der Waals surface area contributed by atoms with Gasteiger partial charge in [-0.2, -0.15) is 0 Å². The first-order valence-corrected chi connectivity index (χ1v) is 7.21. The highest BCUT2D eigenvalue weighted by molar-refractivity contribution is 5.48. The second-order valence-electron chi connectivity index (χ2n) is 5.91. The number of halogens is 1. The van der Waals surface area contributed by atoms with Gasteiger partial charge in [-0.25, -0.2) is 4.39 Å². The van der Waals surface area contributed by atoms with E-state index >= 15 is 0 Å². The van der Waals surface area contributed by atoms with Crippen molar-refractivity contribution in [1.82, 2.24) is 0 Å². The van der Waals surface area contributed by atoms with Crippen molar-refractivity contribution in [2.24, 2.45) is 0 Å². The Morgan fingerprint density at radius 1 is 1.00 bits per heavy atom. The molecule has 104 valence electrons. The maximum absolute atomic E-state index is 13.7. The molecule has 0 saturated heterocycles. The van der Waals surface area contributed by atoms with Gasteiger partial charge < -0.3 is 5.32 Å². The highest BCUT2D eigenvalue weighted by Crippen LogP contribution is 2.39. The van der Waals surface area contributed by atoms with Crippen LogP contribution in [-0.2, 0) is 0 Å². The molecule has 0 aliphatic heterocycles. The van der Waals surface area contributed by atoms with E-state index in [9.17, 15) is 4.39 Å². The van der Waals surface area contributed by atoms with E-state index in [1.165, 1.54) is 17.2 Å². The molecule has 0 heterocycles. The third-order valence-electron chi connectivity index (χ3n) is 4.13. The molecule has 1 N–H and O–H groups in total. The zero-order chi connectivity index (χ0) is 14.1. The van der Waals surface area contributed by atoms with Crippen LogP contribution in [0.25, 0.3) is 0 Å². The fraction of sp³-hybridized carbons (Fsp3) is 0.333. The van der Waals surface area contributed by atoms with Gasteiger partial charge in [0.25, 0.3) is 0 Å². The van der Waals surface area contributed by atoms with Gasteiger partial charge in [0.05, 0.1) is 5.69 Å². The van der Waals surface area contributed by atoms with E-state index in [0.717, 1.165) is 18.4 Å². The summed E-state index contributed by atoms with van der Waals surface area (Å²) in [7, 11) is 0. The third kappa shape index (κ3) is 2.69. The highest BCUT2D eigenvalue weighted by Gasteiger charge is 2.30. The van der Waals surface area contributed by atoms with E-state index in [2.05, 4.69) is 36.5 Å². The average Bonchev–Trinajstić information content (AvgIpc) is 2.37. The Morgan fingerprint density at radius 3 is 2.50 bits per heavy atom. The first kappa shape index (κ1) is 13.2. The lowest BCUT2D eigenvalue weighted by Crippen LogP contribution is -2.34. The van der Waals surface area contributed by atoms with Gasteiger partial charge >= 0.3 is 0 Å². The maximum atomic E-state index is 13.7. The van der Waals surface area contributed by atoms with Crippen LogP contribution >= 0.6 is 0 Å². The molecule has 0 atom stereocenters. The van der Waals surface area contributed by atoms with Crippen molar-refractivity contribution in [1.29, 1.82) is 0 Å². The molecule has 0 unspecified atom stereocenters. The van der Waals surface area contributed by atoms with Crippen LogP contribution in [0, 0.1) is 19.7 Å². The molecule has 1 aliphatic carbocycles. The van der Waals surface area contributed by atoms with Crippen LogP contribution in [-0.4, -0.2) is 6.04 Å². The summed E-state index contributed by atoms with van der Waals surface area (Å²) in [6.07, 6.45) is 2.16. The van der Waals surface area contributed by atoms with E-state index in [-0.39, 0.29) is 5.82 Å². The first-order valence-electron chi connectivity index (χ1n) is 7.21. The monoisotopic (exact) mass is 269 g/mol. The van der Waals surface area contributed by atoms with Gasteiger partial charge in [0.1, 0.15) is 5.82 Å². The Balaban J connectivity index is 1.62. The van der Waals surface area contributed by atoms with Crippen LogP contribution in [0.1, 0.15) is 35.4 Å². The molecular formula is C18H20FN. The molecule has 20 heavy (non-hydrogen) atoms. The van der Waals surface area contributed by atoms with Crippen molar-refractivity contribution in [2.45, 2.75) is 38.6 Å². The van der Waals surface area contributed by atoms with Crippen LogP contribution in [0.3, 0.4) is 0 Å². The van der Waals surface area contributed by atoms with Crippen molar-refractivity contribution in [3.05, 3.63) is 65.0 Å². The summed E-state index contributed by atoms with van der Waals surface area (Å²) in [6.45, 7) is 4.11. The molecular weight excluding hydrogens is 249 g/mol. The molecule has 2 heteroatoms. The van der Waals surface area contributed by atoms with Crippen LogP contribution in [0.4, 0.5) is 10.1 Å². The van der Waals surface area contributed by atoms with Gasteiger partial charge in [-0.1, -0.05) is 35.9 Å². The number of hydrogen-bond acceptors (Lipinski definition) is 1. The molecule has 1 nitrogen and oxygen atoms in total. The smallest absolute Gasteiger partial charge is 0.146 e.